The number of hydrazone groups is 1. The van der Waals surface area contributed by atoms with Crippen LogP contribution in [0.3, 0.4) is 0 Å². The number of anilines is 1. The molecule has 0 spiro atoms. The molecule has 6 heteroatoms. The van der Waals surface area contributed by atoms with Gasteiger partial charge in [0, 0.05) is 38.9 Å². The lowest BCUT2D eigenvalue weighted by molar-refractivity contribution is 0.265. The molecule has 1 aromatic rings. The average molecular weight is 261 g/mol. The van der Waals surface area contributed by atoms with Gasteiger partial charge in [0.05, 0.1) is 6.21 Å². The molecular formula is C13H19N5O. The van der Waals surface area contributed by atoms with Crippen LogP contribution in [0, 0.1) is 4.91 Å². The van der Waals surface area contributed by atoms with E-state index in [4.69, 9.17) is 0 Å². The van der Waals surface area contributed by atoms with Crippen molar-refractivity contribution in [2.75, 3.05) is 44.8 Å². The smallest absolute Gasteiger partial charge is 0.134 e. The average Bonchev–Trinajstić information content (AvgIpc) is 2.47. The molecule has 0 radical (unpaired) electrons. The quantitative estimate of drug-likeness (QED) is 0.489. The van der Waals surface area contributed by atoms with Crippen molar-refractivity contribution in [1.82, 2.24) is 10.3 Å². The van der Waals surface area contributed by atoms with Gasteiger partial charge in [0.1, 0.15) is 6.67 Å². The molecule has 102 valence electrons. The Labute approximate surface area is 113 Å². The minimum absolute atomic E-state index is 0.299. The fraction of sp³-hybridized carbons (Fsp3) is 0.462. The van der Waals surface area contributed by atoms with Crippen LogP contribution >= 0.6 is 0 Å². The predicted molar refractivity (Wildman–Crippen MR) is 77.5 cm³/mol. The summed E-state index contributed by atoms with van der Waals surface area (Å²) in [5, 5.41) is 6.91. The van der Waals surface area contributed by atoms with Crippen molar-refractivity contribution in [3.05, 3.63) is 34.7 Å². The molecule has 0 unspecified atom stereocenters. The highest BCUT2D eigenvalue weighted by atomic mass is 16.3. The third-order valence-electron chi connectivity index (χ3n) is 3.23. The van der Waals surface area contributed by atoms with E-state index in [9.17, 15) is 4.91 Å². The third-order valence-corrected chi connectivity index (χ3v) is 3.23. The molecule has 0 aliphatic carbocycles. The van der Waals surface area contributed by atoms with Crippen molar-refractivity contribution >= 4 is 11.9 Å². The lowest BCUT2D eigenvalue weighted by atomic mass is 10.2. The number of piperazine rings is 1. The van der Waals surface area contributed by atoms with Crippen LogP contribution in [0.5, 0.6) is 0 Å². The summed E-state index contributed by atoms with van der Waals surface area (Å²) in [5.41, 5.74) is 5.01. The van der Waals surface area contributed by atoms with E-state index >= 15 is 0 Å². The van der Waals surface area contributed by atoms with E-state index in [1.807, 2.05) is 0 Å². The van der Waals surface area contributed by atoms with Gasteiger partial charge in [-0.15, -0.1) is 4.91 Å². The van der Waals surface area contributed by atoms with Gasteiger partial charge in [0.25, 0.3) is 0 Å². The van der Waals surface area contributed by atoms with Crippen LogP contribution < -0.4 is 10.3 Å². The van der Waals surface area contributed by atoms with E-state index in [0.717, 1.165) is 31.7 Å². The van der Waals surface area contributed by atoms with Crippen molar-refractivity contribution in [3.8, 4) is 0 Å². The molecule has 0 atom stereocenters. The number of nitrogens with one attached hydrogen (secondary N) is 1. The number of nitroso groups, excluding NO2 is 1. The number of rotatable bonds is 5. The lowest BCUT2D eigenvalue weighted by Gasteiger charge is -2.34. The Balaban J connectivity index is 1.92. The van der Waals surface area contributed by atoms with Gasteiger partial charge in [-0.2, -0.15) is 5.10 Å². The Morgan fingerprint density at radius 2 is 1.89 bits per heavy atom. The molecule has 1 aliphatic heterocycles. The van der Waals surface area contributed by atoms with Crippen molar-refractivity contribution < 1.29 is 0 Å². The zero-order chi connectivity index (χ0) is 13.5. The van der Waals surface area contributed by atoms with E-state index in [1.54, 1.807) is 13.3 Å². The molecular weight excluding hydrogens is 242 g/mol. The van der Waals surface area contributed by atoms with Crippen molar-refractivity contribution in [1.29, 1.82) is 0 Å². The fourth-order valence-corrected chi connectivity index (χ4v) is 2.14. The first-order chi connectivity index (χ1) is 9.33. The molecule has 1 aliphatic rings. The summed E-state index contributed by atoms with van der Waals surface area (Å²) in [5.74, 6) is 0. The molecule has 19 heavy (non-hydrogen) atoms. The molecule has 1 N–H and O–H groups in total. The van der Waals surface area contributed by atoms with Crippen LogP contribution in [-0.2, 0) is 0 Å². The first-order valence-electron chi connectivity index (χ1n) is 6.40. The monoisotopic (exact) mass is 261 g/mol. The van der Waals surface area contributed by atoms with E-state index in [0.29, 0.717) is 6.67 Å². The predicted octanol–water partition coefficient (Wildman–Crippen LogP) is 1.09. The Morgan fingerprint density at radius 3 is 2.47 bits per heavy atom. The zero-order valence-corrected chi connectivity index (χ0v) is 11.1. The normalized spacial score (nSPS) is 16.8. The molecule has 0 bridgehead atoms. The summed E-state index contributed by atoms with van der Waals surface area (Å²) in [7, 11) is 1.78. The van der Waals surface area contributed by atoms with E-state index in [1.165, 1.54) is 5.69 Å². The molecule has 1 fully saturated rings. The maximum Gasteiger partial charge on any atom is 0.134 e. The molecule has 0 aromatic heterocycles. The Bertz CT molecular complexity index is 423. The second-order valence-electron chi connectivity index (χ2n) is 4.45. The molecule has 0 saturated carbocycles. The van der Waals surface area contributed by atoms with Crippen LogP contribution in [0.2, 0.25) is 0 Å². The van der Waals surface area contributed by atoms with Gasteiger partial charge in [-0.3, -0.25) is 4.90 Å². The first kappa shape index (κ1) is 13.5. The van der Waals surface area contributed by atoms with Gasteiger partial charge in [0.2, 0.25) is 0 Å². The van der Waals surface area contributed by atoms with Crippen LogP contribution in [0.1, 0.15) is 5.56 Å². The Hall–Kier alpha value is -1.95. The summed E-state index contributed by atoms with van der Waals surface area (Å²) < 4.78 is 0. The minimum Gasteiger partial charge on any atom is -0.369 e. The fourth-order valence-electron chi connectivity index (χ4n) is 2.14. The second kappa shape index (κ2) is 6.84. The van der Waals surface area contributed by atoms with Gasteiger partial charge in [-0.05, 0) is 17.7 Å². The number of hydrogen-bond donors (Lipinski definition) is 1. The minimum atomic E-state index is 0.299. The van der Waals surface area contributed by atoms with Crippen molar-refractivity contribution in [3.63, 3.8) is 0 Å². The molecule has 0 amide bonds. The van der Waals surface area contributed by atoms with Crippen LogP contribution in [0.4, 0.5) is 5.69 Å². The Morgan fingerprint density at radius 1 is 1.21 bits per heavy atom. The summed E-state index contributed by atoms with van der Waals surface area (Å²) in [6.45, 7) is 3.93. The van der Waals surface area contributed by atoms with Gasteiger partial charge in [0.15, 0.2) is 0 Å². The molecule has 1 heterocycles. The molecule has 1 saturated heterocycles. The van der Waals surface area contributed by atoms with Crippen molar-refractivity contribution in [2.45, 2.75) is 0 Å². The maximum atomic E-state index is 10.2. The van der Waals surface area contributed by atoms with E-state index < -0.39 is 0 Å². The SMILES string of the molecule is CN/N=C\c1ccc(N2CCN(CN=O)CC2)cc1. The lowest BCUT2D eigenvalue weighted by Crippen LogP contribution is -2.46. The second-order valence-corrected chi connectivity index (χ2v) is 4.45. The molecule has 1 aromatic carbocycles. The summed E-state index contributed by atoms with van der Waals surface area (Å²) in [6, 6.07) is 8.31. The highest BCUT2D eigenvalue weighted by molar-refractivity contribution is 5.80. The largest absolute Gasteiger partial charge is 0.369 e. The van der Waals surface area contributed by atoms with Crippen molar-refractivity contribution in [2.24, 2.45) is 10.3 Å². The molecule has 6 nitrogen and oxygen atoms in total. The highest BCUT2D eigenvalue weighted by Crippen LogP contribution is 2.16. The van der Waals surface area contributed by atoms with Crippen LogP contribution in [-0.4, -0.2) is 51.0 Å². The topological polar surface area (TPSA) is 60.3 Å². The highest BCUT2D eigenvalue weighted by Gasteiger charge is 2.16. The van der Waals surface area contributed by atoms with Gasteiger partial charge in [-0.1, -0.05) is 17.3 Å². The maximum absolute atomic E-state index is 10.2. The number of nitrogens with zero attached hydrogens (tertiary/aromatic N) is 4. The van der Waals surface area contributed by atoms with E-state index in [2.05, 4.69) is 49.8 Å². The van der Waals surface area contributed by atoms with Crippen LogP contribution in [0.25, 0.3) is 0 Å². The van der Waals surface area contributed by atoms with Gasteiger partial charge < -0.3 is 10.3 Å². The summed E-state index contributed by atoms with van der Waals surface area (Å²) >= 11 is 0. The first-order valence-corrected chi connectivity index (χ1v) is 6.40. The molecule has 2 rings (SSSR count). The number of hydrogen-bond acceptors (Lipinski definition) is 6. The summed E-state index contributed by atoms with van der Waals surface area (Å²) in [6.07, 6.45) is 1.79. The third kappa shape index (κ3) is 3.75. The van der Waals surface area contributed by atoms with Gasteiger partial charge >= 0.3 is 0 Å². The number of benzene rings is 1. The van der Waals surface area contributed by atoms with Crippen LogP contribution in [0.15, 0.2) is 34.5 Å². The standard InChI is InChI=1S/C13H19N5O/c1-14-15-10-12-2-4-13(5-3-12)18-8-6-17(7-9-18)11-16-19/h2-5,10,14H,6-9,11H2,1H3/b15-10-. The summed E-state index contributed by atoms with van der Waals surface area (Å²) in [4.78, 5) is 14.6. The van der Waals surface area contributed by atoms with E-state index in [-0.39, 0.29) is 0 Å². The van der Waals surface area contributed by atoms with Gasteiger partial charge in [-0.25, -0.2) is 0 Å². The zero-order valence-electron chi connectivity index (χ0n) is 11.1. The Kier molecular flexibility index (Phi) is 4.85.